The second kappa shape index (κ2) is 6.48. The Hall–Kier alpha value is -1.41. The normalized spacial score (nSPS) is 14.2. The van der Waals surface area contributed by atoms with E-state index in [0.717, 1.165) is 23.6 Å². The number of nitrogens with zero attached hydrogens (tertiary/aromatic N) is 2. The Morgan fingerprint density at radius 2 is 2.08 bits per heavy atom. The zero-order valence-corrected chi connectivity index (χ0v) is 14.7. The Labute approximate surface area is 145 Å². The molecule has 0 N–H and O–H groups in total. The van der Waals surface area contributed by atoms with E-state index < -0.39 is 11.7 Å². The molecule has 2 aromatic rings. The highest BCUT2D eigenvalue weighted by Crippen LogP contribution is 2.33. The van der Waals surface area contributed by atoms with Crippen LogP contribution in [0.25, 0.3) is 5.69 Å². The molecule has 128 valence electrons. The number of hydrogen-bond acceptors (Lipinski definition) is 4. The van der Waals surface area contributed by atoms with Gasteiger partial charge in [-0.15, -0.1) is 11.8 Å². The van der Waals surface area contributed by atoms with Crippen LogP contribution in [0.2, 0.25) is 0 Å². The highest BCUT2D eigenvalue weighted by Gasteiger charge is 2.31. The summed E-state index contributed by atoms with van der Waals surface area (Å²) in [5, 5.41) is 0.594. The third-order valence-electron chi connectivity index (χ3n) is 3.44. The molecule has 24 heavy (non-hydrogen) atoms. The lowest BCUT2D eigenvalue weighted by Crippen LogP contribution is -2.24. The minimum atomic E-state index is -4.45. The molecular formula is C16H15F3N2OS2. The predicted molar refractivity (Wildman–Crippen MR) is 90.3 cm³/mol. The first-order chi connectivity index (χ1) is 11.3. The largest absolute Gasteiger partial charge is 0.416 e. The second-order valence-electron chi connectivity index (χ2n) is 5.62. The molecule has 0 bridgehead atoms. The van der Waals surface area contributed by atoms with E-state index in [1.54, 1.807) is 0 Å². The molecule has 1 aromatic heterocycles. The van der Waals surface area contributed by atoms with Gasteiger partial charge in [0, 0.05) is 17.4 Å². The zero-order chi connectivity index (χ0) is 17.5. The van der Waals surface area contributed by atoms with E-state index in [0.29, 0.717) is 16.5 Å². The Kier molecular flexibility index (Phi) is 4.70. The van der Waals surface area contributed by atoms with Gasteiger partial charge in [0.2, 0.25) is 0 Å². The Morgan fingerprint density at radius 3 is 2.75 bits per heavy atom. The average Bonchev–Trinajstić information content (AvgIpc) is 2.95. The van der Waals surface area contributed by atoms with Crippen molar-refractivity contribution in [2.24, 2.45) is 0 Å². The third-order valence-corrected chi connectivity index (χ3v) is 5.50. The van der Waals surface area contributed by atoms with E-state index in [-0.39, 0.29) is 16.5 Å². The van der Waals surface area contributed by atoms with Crippen LogP contribution >= 0.6 is 23.5 Å². The maximum atomic E-state index is 13.0. The van der Waals surface area contributed by atoms with Gasteiger partial charge < -0.3 is 0 Å². The number of aryl methyl sites for hydroxylation is 1. The first-order valence-corrected chi connectivity index (χ1v) is 9.27. The fraction of sp³-hybridized carbons (Fsp3) is 0.375. The van der Waals surface area contributed by atoms with Crippen molar-refractivity contribution in [1.29, 1.82) is 0 Å². The van der Waals surface area contributed by atoms with Gasteiger partial charge in [-0.05, 0) is 18.2 Å². The van der Waals surface area contributed by atoms with E-state index in [4.69, 9.17) is 0 Å². The van der Waals surface area contributed by atoms with Gasteiger partial charge in [0.1, 0.15) is 0 Å². The van der Waals surface area contributed by atoms with E-state index in [1.807, 2.05) is 13.8 Å². The molecule has 3 nitrogen and oxygen atoms in total. The van der Waals surface area contributed by atoms with E-state index in [1.165, 1.54) is 40.2 Å². The first-order valence-electron chi connectivity index (χ1n) is 7.40. The summed E-state index contributed by atoms with van der Waals surface area (Å²) < 4.78 is 40.3. The van der Waals surface area contributed by atoms with E-state index in [2.05, 4.69) is 4.98 Å². The molecule has 0 radical (unpaired) electrons. The van der Waals surface area contributed by atoms with Crippen LogP contribution in [0.1, 0.15) is 25.1 Å². The number of aromatic nitrogens is 2. The van der Waals surface area contributed by atoms with Gasteiger partial charge in [0.15, 0.2) is 5.16 Å². The monoisotopic (exact) mass is 372 g/mol. The number of hydrogen-bond donors (Lipinski definition) is 0. The van der Waals surface area contributed by atoms with E-state index >= 15 is 0 Å². The fourth-order valence-corrected chi connectivity index (χ4v) is 4.34. The lowest BCUT2D eigenvalue weighted by atomic mass is 10.2. The van der Waals surface area contributed by atoms with Crippen LogP contribution in [0, 0.1) is 0 Å². The molecule has 0 fully saturated rings. The molecule has 0 aliphatic carbocycles. The number of benzene rings is 1. The summed E-state index contributed by atoms with van der Waals surface area (Å²) in [6, 6.07) is 4.82. The molecule has 3 rings (SSSR count). The second-order valence-corrected chi connectivity index (χ2v) is 8.27. The van der Waals surface area contributed by atoms with Crippen molar-refractivity contribution in [2.45, 2.75) is 41.7 Å². The molecule has 0 saturated carbocycles. The SMILES string of the molecule is CC(C)Sc1nc2c(c(=O)n1-c1cccc(C(F)(F)F)c1)SCC2. The molecule has 8 heteroatoms. The predicted octanol–water partition coefficient (Wildman–Crippen LogP) is 4.40. The molecule has 1 aromatic carbocycles. The standard InChI is InChI=1S/C16H15F3N2OS2/c1-9(2)24-15-20-12-6-7-23-13(12)14(22)21(15)11-5-3-4-10(8-11)16(17,18)19/h3-5,8-9H,6-7H2,1-2H3. The Bertz CT molecular complexity index is 831. The fourth-order valence-electron chi connectivity index (χ4n) is 2.43. The molecule has 2 heterocycles. The van der Waals surface area contributed by atoms with Crippen LogP contribution < -0.4 is 5.56 Å². The highest BCUT2D eigenvalue weighted by molar-refractivity contribution is 8.00. The van der Waals surface area contributed by atoms with Crippen LogP contribution in [-0.4, -0.2) is 20.6 Å². The molecule has 1 aliphatic heterocycles. The maximum Gasteiger partial charge on any atom is 0.416 e. The van der Waals surface area contributed by atoms with Gasteiger partial charge in [0.25, 0.3) is 5.56 Å². The lowest BCUT2D eigenvalue weighted by molar-refractivity contribution is -0.137. The smallest absolute Gasteiger partial charge is 0.268 e. The molecule has 1 aliphatic rings. The summed E-state index contributed by atoms with van der Waals surface area (Å²) in [4.78, 5) is 17.9. The summed E-state index contributed by atoms with van der Waals surface area (Å²) in [7, 11) is 0. The van der Waals surface area contributed by atoms with Crippen LogP contribution in [0.15, 0.2) is 39.1 Å². The number of rotatable bonds is 3. The molecule has 0 unspecified atom stereocenters. The van der Waals surface area contributed by atoms with Gasteiger partial charge in [-0.25, -0.2) is 4.98 Å². The number of halogens is 3. The lowest BCUT2D eigenvalue weighted by Gasteiger charge is -2.16. The molecular weight excluding hydrogens is 357 g/mol. The summed E-state index contributed by atoms with van der Waals surface area (Å²) in [6.07, 6.45) is -3.74. The number of thioether (sulfide) groups is 2. The summed E-state index contributed by atoms with van der Waals surface area (Å²) in [5.74, 6) is 0.774. The quantitative estimate of drug-likeness (QED) is 0.591. The highest BCUT2D eigenvalue weighted by atomic mass is 32.2. The van der Waals surface area contributed by atoms with Gasteiger partial charge in [-0.2, -0.15) is 13.2 Å². The Balaban J connectivity index is 2.22. The average molecular weight is 372 g/mol. The van der Waals surface area contributed by atoms with Crippen molar-refractivity contribution in [3.63, 3.8) is 0 Å². The first kappa shape index (κ1) is 17.4. The van der Waals surface area contributed by atoms with Gasteiger partial charge in [-0.1, -0.05) is 31.7 Å². The van der Waals surface area contributed by atoms with Crippen molar-refractivity contribution in [3.8, 4) is 5.69 Å². The molecule has 0 spiro atoms. The van der Waals surface area contributed by atoms with Crippen molar-refractivity contribution < 1.29 is 13.2 Å². The van der Waals surface area contributed by atoms with Crippen molar-refractivity contribution in [1.82, 2.24) is 9.55 Å². The molecule has 0 atom stereocenters. The van der Waals surface area contributed by atoms with Gasteiger partial charge >= 0.3 is 6.18 Å². The van der Waals surface area contributed by atoms with Gasteiger partial charge in [-0.3, -0.25) is 9.36 Å². The zero-order valence-electron chi connectivity index (χ0n) is 13.1. The van der Waals surface area contributed by atoms with Crippen molar-refractivity contribution >= 4 is 23.5 Å². The minimum Gasteiger partial charge on any atom is -0.268 e. The molecule has 0 amide bonds. The Morgan fingerprint density at radius 1 is 1.33 bits per heavy atom. The van der Waals surface area contributed by atoms with Crippen LogP contribution in [-0.2, 0) is 12.6 Å². The summed E-state index contributed by atoms with van der Waals surface area (Å²) in [5.41, 5.74) is -0.123. The number of alkyl halides is 3. The topological polar surface area (TPSA) is 34.9 Å². The van der Waals surface area contributed by atoms with Crippen LogP contribution in [0.4, 0.5) is 13.2 Å². The van der Waals surface area contributed by atoms with E-state index in [9.17, 15) is 18.0 Å². The number of fused-ring (bicyclic) bond motifs is 1. The van der Waals surface area contributed by atoms with Crippen molar-refractivity contribution in [2.75, 3.05) is 5.75 Å². The van der Waals surface area contributed by atoms with Crippen LogP contribution in [0.5, 0.6) is 0 Å². The summed E-state index contributed by atoms with van der Waals surface area (Å²) in [6.45, 7) is 3.91. The minimum absolute atomic E-state index is 0.154. The van der Waals surface area contributed by atoms with Gasteiger partial charge in [0.05, 0.1) is 21.8 Å². The van der Waals surface area contributed by atoms with Crippen LogP contribution in [0.3, 0.4) is 0 Å². The van der Waals surface area contributed by atoms with Crippen molar-refractivity contribution in [3.05, 3.63) is 45.9 Å². The molecule has 0 saturated heterocycles. The third kappa shape index (κ3) is 3.35. The summed E-state index contributed by atoms with van der Waals surface area (Å²) >= 11 is 2.79. The maximum absolute atomic E-state index is 13.0.